The van der Waals surface area contributed by atoms with Crippen molar-refractivity contribution in [3.8, 4) is 0 Å². The van der Waals surface area contributed by atoms with Crippen molar-refractivity contribution in [2.75, 3.05) is 0 Å². The Kier molecular flexibility index (Phi) is 2.54. The van der Waals surface area contributed by atoms with Gasteiger partial charge in [0.2, 0.25) is 0 Å². The summed E-state index contributed by atoms with van der Waals surface area (Å²) < 4.78 is 0. The first-order valence-electron chi connectivity index (χ1n) is 3.53. The van der Waals surface area contributed by atoms with E-state index in [0.29, 0.717) is 0 Å². The highest BCUT2D eigenvalue weighted by molar-refractivity contribution is 6.30. The van der Waals surface area contributed by atoms with Crippen LogP contribution in [-0.2, 0) is 10.4 Å². The van der Waals surface area contributed by atoms with Gasteiger partial charge >= 0.3 is 5.97 Å². The lowest BCUT2D eigenvalue weighted by Crippen LogP contribution is -2.32. The van der Waals surface area contributed by atoms with Crippen molar-refractivity contribution < 1.29 is 15.0 Å². The van der Waals surface area contributed by atoms with E-state index in [2.05, 4.69) is 4.98 Å². The molecule has 0 aromatic carbocycles. The molecule has 0 bridgehead atoms. The summed E-state index contributed by atoms with van der Waals surface area (Å²) in [4.78, 5) is 14.3. The van der Waals surface area contributed by atoms with Crippen LogP contribution in [-0.4, -0.2) is 21.2 Å². The Hall–Kier alpha value is -1.13. The quantitative estimate of drug-likeness (QED) is 0.701. The zero-order valence-corrected chi connectivity index (χ0v) is 7.62. The number of carboxylic acid groups (broad SMARTS) is 1. The van der Waals surface area contributed by atoms with E-state index in [4.69, 9.17) is 16.7 Å². The fourth-order valence-electron chi connectivity index (χ4n) is 0.864. The van der Waals surface area contributed by atoms with Gasteiger partial charge in [-0.1, -0.05) is 17.7 Å². The molecule has 70 valence electrons. The summed E-state index contributed by atoms with van der Waals surface area (Å²) in [6, 6.07) is 2.93. The average Bonchev–Trinajstić information content (AvgIpc) is 2.04. The van der Waals surface area contributed by atoms with Crippen LogP contribution >= 0.6 is 11.6 Å². The first kappa shape index (κ1) is 9.95. The Balaban J connectivity index is 3.22. The highest BCUT2D eigenvalue weighted by Crippen LogP contribution is 2.25. The topological polar surface area (TPSA) is 70.4 Å². The molecule has 0 saturated heterocycles. The predicted octanol–water partition coefficient (Wildman–Crippen LogP) is 1.03. The summed E-state index contributed by atoms with van der Waals surface area (Å²) in [5.74, 6) is -1.36. The van der Waals surface area contributed by atoms with Crippen molar-refractivity contribution >= 4 is 17.6 Å². The molecule has 0 fully saturated rings. The molecule has 13 heavy (non-hydrogen) atoms. The Morgan fingerprint density at radius 1 is 1.69 bits per heavy atom. The number of pyridine rings is 1. The number of halogens is 1. The molecule has 0 unspecified atom stereocenters. The fourth-order valence-corrected chi connectivity index (χ4v) is 1.17. The summed E-state index contributed by atoms with van der Waals surface area (Å²) in [6.45, 7) is 1.15. The Bertz CT molecular complexity index is 338. The van der Waals surface area contributed by atoms with E-state index < -0.39 is 11.6 Å². The molecule has 0 saturated carbocycles. The fraction of sp³-hybridized carbons (Fsp3) is 0.250. The van der Waals surface area contributed by atoms with Crippen LogP contribution in [0.3, 0.4) is 0 Å². The SMILES string of the molecule is C[C@@](O)(C(=O)O)c1cccnc1Cl. The number of aliphatic hydroxyl groups is 1. The zero-order valence-electron chi connectivity index (χ0n) is 6.86. The molecule has 4 nitrogen and oxygen atoms in total. The van der Waals surface area contributed by atoms with Crippen molar-refractivity contribution in [3.63, 3.8) is 0 Å². The van der Waals surface area contributed by atoms with E-state index in [-0.39, 0.29) is 10.7 Å². The molecular weight excluding hydrogens is 194 g/mol. The van der Waals surface area contributed by atoms with Crippen LogP contribution < -0.4 is 0 Å². The van der Waals surface area contributed by atoms with Crippen molar-refractivity contribution in [1.82, 2.24) is 4.98 Å². The Morgan fingerprint density at radius 2 is 2.31 bits per heavy atom. The van der Waals surface area contributed by atoms with Crippen LogP contribution in [0.2, 0.25) is 5.15 Å². The number of carboxylic acids is 1. The van der Waals surface area contributed by atoms with Crippen LogP contribution in [0, 0.1) is 0 Å². The average molecular weight is 202 g/mol. The maximum absolute atomic E-state index is 10.6. The maximum Gasteiger partial charge on any atom is 0.340 e. The molecule has 1 aromatic heterocycles. The van der Waals surface area contributed by atoms with Gasteiger partial charge in [-0.15, -0.1) is 0 Å². The molecule has 0 radical (unpaired) electrons. The predicted molar refractivity (Wildman–Crippen MR) is 46.5 cm³/mol. The second kappa shape index (κ2) is 3.32. The van der Waals surface area contributed by atoms with Gasteiger partial charge in [0.1, 0.15) is 5.15 Å². The van der Waals surface area contributed by atoms with E-state index >= 15 is 0 Å². The molecule has 5 heteroatoms. The molecule has 0 spiro atoms. The minimum Gasteiger partial charge on any atom is -0.479 e. The van der Waals surface area contributed by atoms with Gasteiger partial charge in [0.05, 0.1) is 0 Å². The lowest BCUT2D eigenvalue weighted by atomic mass is 9.98. The number of aromatic nitrogens is 1. The molecule has 0 aliphatic carbocycles. The summed E-state index contributed by atoms with van der Waals surface area (Å²) in [6.07, 6.45) is 1.42. The first-order valence-corrected chi connectivity index (χ1v) is 3.91. The van der Waals surface area contributed by atoms with Crippen LogP contribution in [0.4, 0.5) is 0 Å². The van der Waals surface area contributed by atoms with E-state index in [1.807, 2.05) is 0 Å². The molecule has 0 amide bonds. The van der Waals surface area contributed by atoms with Crippen molar-refractivity contribution in [2.24, 2.45) is 0 Å². The molecule has 1 atom stereocenters. The van der Waals surface area contributed by atoms with E-state index in [1.54, 1.807) is 0 Å². The van der Waals surface area contributed by atoms with Gasteiger partial charge < -0.3 is 10.2 Å². The maximum atomic E-state index is 10.6. The van der Waals surface area contributed by atoms with Crippen molar-refractivity contribution in [3.05, 3.63) is 29.0 Å². The second-order valence-electron chi connectivity index (χ2n) is 2.72. The van der Waals surface area contributed by atoms with Gasteiger partial charge in [-0.2, -0.15) is 0 Å². The van der Waals surface area contributed by atoms with Gasteiger partial charge in [-0.25, -0.2) is 9.78 Å². The molecule has 1 rings (SSSR count). The Morgan fingerprint density at radius 3 is 2.77 bits per heavy atom. The van der Waals surface area contributed by atoms with Gasteiger partial charge in [-0.3, -0.25) is 0 Å². The first-order chi connectivity index (χ1) is 5.96. The normalized spacial score (nSPS) is 15.0. The van der Waals surface area contributed by atoms with Crippen LogP contribution in [0.1, 0.15) is 12.5 Å². The smallest absolute Gasteiger partial charge is 0.340 e. The lowest BCUT2D eigenvalue weighted by molar-refractivity contribution is -0.157. The molecular formula is C8H8ClNO3. The number of rotatable bonds is 2. The van der Waals surface area contributed by atoms with E-state index in [1.165, 1.54) is 18.3 Å². The monoisotopic (exact) mass is 201 g/mol. The standard InChI is InChI=1S/C8H8ClNO3/c1-8(13,7(11)12)5-3-2-4-10-6(5)9/h2-4,13H,1H3,(H,11,12)/t8-/m0/s1. The minimum atomic E-state index is -1.99. The van der Waals surface area contributed by atoms with Gasteiger partial charge in [0.25, 0.3) is 0 Å². The summed E-state index contributed by atoms with van der Waals surface area (Å²) in [7, 11) is 0. The second-order valence-corrected chi connectivity index (χ2v) is 3.08. The highest BCUT2D eigenvalue weighted by atomic mass is 35.5. The molecule has 2 N–H and O–H groups in total. The third-order valence-corrected chi connectivity index (χ3v) is 2.00. The highest BCUT2D eigenvalue weighted by Gasteiger charge is 2.34. The number of aliphatic carboxylic acids is 1. The molecule has 1 aromatic rings. The van der Waals surface area contributed by atoms with E-state index in [9.17, 15) is 9.90 Å². The summed E-state index contributed by atoms with van der Waals surface area (Å²) >= 11 is 5.62. The number of hydrogen-bond acceptors (Lipinski definition) is 3. The Labute approximate surface area is 79.8 Å². The number of hydrogen-bond donors (Lipinski definition) is 2. The minimum absolute atomic E-state index is 0.00472. The van der Waals surface area contributed by atoms with Crippen LogP contribution in [0.15, 0.2) is 18.3 Å². The molecule has 1 heterocycles. The van der Waals surface area contributed by atoms with Crippen molar-refractivity contribution in [2.45, 2.75) is 12.5 Å². The van der Waals surface area contributed by atoms with Crippen molar-refractivity contribution in [1.29, 1.82) is 0 Å². The number of carbonyl (C=O) groups is 1. The third-order valence-electron chi connectivity index (χ3n) is 1.70. The number of nitrogens with zero attached hydrogens (tertiary/aromatic N) is 1. The van der Waals surface area contributed by atoms with Gasteiger partial charge in [0.15, 0.2) is 5.60 Å². The molecule has 0 aliphatic rings. The summed E-state index contributed by atoms with van der Waals surface area (Å²) in [5.41, 5.74) is -1.91. The largest absolute Gasteiger partial charge is 0.479 e. The lowest BCUT2D eigenvalue weighted by Gasteiger charge is -2.18. The third kappa shape index (κ3) is 1.79. The van der Waals surface area contributed by atoms with Gasteiger partial charge in [0, 0.05) is 11.8 Å². The summed E-state index contributed by atoms with van der Waals surface area (Å²) in [5, 5.41) is 18.2. The van der Waals surface area contributed by atoms with Crippen LogP contribution in [0.25, 0.3) is 0 Å². The van der Waals surface area contributed by atoms with E-state index in [0.717, 1.165) is 6.92 Å². The van der Waals surface area contributed by atoms with Crippen LogP contribution in [0.5, 0.6) is 0 Å². The zero-order chi connectivity index (χ0) is 10.1. The molecule has 0 aliphatic heterocycles. The van der Waals surface area contributed by atoms with Gasteiger partial charge in [-0.05, 0) is 13.0 Å².